The van der Waals surface area contributed by atoms with Crippen LogP contribution in [0.2, 0.25) is 0 Å². The van der Waals surface area contributed by atoms with Crippen molar-refractivity contribution < 1.29 is 18.4 Å². The van der Waals surface area contributed by atoms with E-state index >= 15 is 0 Å². The quantitative estimate of drug-likeness (QED) is 0.857. The summed E-state index contributed by atoms with van der Waals surface area (Å²) in [5, 5.41) is 4.10. The van der Waals surface area contributed by atoms with E-state index in [1.807, 2.05) is 0 Å². The molecule has 1 saturated carbocycles. The van der Waals surface area contributed by atoms with Crippen LogP contribution in [-0.2, 0) is 11.2 Å². The lowest BCUT2D eigenvalue weighted by Gasteiger charge is -2.25. The zero-order valence-corrected chi connectivity index (χ0v) is 13.7. The lowest BCUT2D eigenvalue weighted by Crippen LogP contribution is -2.41. The topological polar surface area (TPSA) is 68.5 Å². The second-order valence-corrected chi connectivity index (χ2v) is 7.02. The van der Waals surface area contributed by atoms with Gasteiger partial charge in [-0.2, -0.15) is 4.98 Å². The average molecular weight is 343 g/mol. The molecular weight excluding hydrogens is 325 g/mol. The van der Waals surface area contributed by atoms with Gasteiger partial charge in [0.25, 0.3) is 5.91 Å². The molecule has 1 saturated heterocycles. The van der Waals surface area contributed by atoms with Crippen molar-refractivity contribution in [2.75, 3.05) is 6.54 Å². The van der Waals surface area contributed by atoms with Gasteiger partial charge in [-0.05, 0) is 43.9 Å². The van der Waals surface area contributed by atoms with Gasteiger partial charge >= 0.3 is 0 Å². The molecule has 130 valence electrons. The van der Waals surface area contributed by atoms with Gasteiger partial charge in [0.1, 0.15) is 11.6 Å². The fraction of sp³-hybridized carbons (Fsp3) is 0.500. The van der Waals surface area contributed by atoms with Gasteiger partial charge < -0.3 is 14.2 Å². The molecule has 0 unspecified atom stereocenters. The minimum atomic E-state index is -0.604. The third-order valence-corrected chi connectivity index (χ3v) is 5.19. The van der Waals surface area contributed by atoms with Crippen LogP contribution in [-0.4, -0.2) is 33.6 Å². The highest BCUT2D eigenvalue weighted by molar-refractivity contribution is 5.83. The molecule has 7 heteroatoms. The number of benzene rings is 1. The second-order valence-electron chi connectivity index (χ2n) is 7.02. The third-order valence-electron chi connectivity index (χ3n) is 5.19. The van der Waals surface area contributed by atoms with Gasteiger partial charge in [-0.3, -0.25) is 4.79 Å². The number of nitrogens with zero attached hydrogens (tertiary/aromatic N) is 3. The number of hydrogen-bond acceptors (Lipinski definition) is 5. The summed E-state index contributed by atoms with van der Waals surface area (Å²) in [6.07, 6.45) is 3.71. The Morgan fingerprint density at radius 3 is 3.00 bits per heavy atom. The number of carbonyl (C=O) groups is 1. The van der Waals surface area contributed by atoms with Crippen LogP contribution in [0.25, 0.3) is 0 Å². The highest BCUT2D eigenvalue weighted by atomic mass is 19.1. The van der Waals surface area contributed by atoms with Gasteiger partial charge in [0.05, 0.1) is 6.04 Å². The lowest BCUT2D eigenvalue weighted by atomic mass is 10.1. The van der Waals surface area contributed by atoms with E-state index in [0.29, 0.717) is 36.3 Å². The number of halogens is 1. The summed E-state index contributed by atoms with van der Waals surface area (Å²) in [6.45, 7) is 0.654. The van der Waals surface area contributed by atoms with Crippen LogP contribution in [0.5, 0.6) is 5.75 Å². The van der Waals surface area contributed by atoms with Crippen molar-refractivity contribution in [2.24, 2.45) is 0 Å². The van der Waals surface area contributed by atoms with E-state index in [-0.39, 0.29) is 17.8 Å². The van der Waals surface area contributed by atoms with E-state index < -0.39 is 6.10 Å². The summed E-state index contributed by atoms with van der Waals surface area (Å²) < 4.78 is 24.5. The number of fused-ring (bicyclic) bond motifs is 1. The maximum Gasteiger partial charge on any atom is 0.264 e. The monoisotopic (exact) mass is 343 g/mol. The minimum absolute atomic E-state index is 0.0862. The van der Waals surface area contributed by atoms with Crippen molar-refractivity contribution >= 4 is 5.91 Å². The first-order valence-corrected chi connectivity index (χ1v) is 8.78. The van der Waals surface area contributed by atoms with Gasteiger partial charge in [0.2, 0.25) is 5.89 Å². The van der Waals surface area contributed by atoms with E-state index in [2.05, 4.69) is 10.1 Å². The molecule has 6 nitrogen and oxygen atoms in total. The van der Waals surface area contributed by atoms with Crippen molar-refractivity contribution in [3.8, 4) is 5.75 Å². The Morgan fingerprint density at radius 1 is 1.28 bits per heavy atom. The summed E-state index contributed by atoms with van der Waals surface area (Å²) >= 11 is 0. The molecule has 0 spiro atoms. The van der Waals surface area contributed by atoms with Gasteiger partial charge in [-0.15, -0.1) is 0 Å². The van der Waals surface area contributed by atoms with Crippen LogP contribution in [0.15, 0.2) is 22.7 Å². The third kappa shape index (κ3) is 2.58. The fourth-order valence-corrected chi connectivity index (χ4v) is 3.72. The summed E-state index contributed by atoms with van der Waals surface area (Å²) in [5.74, 6) is 1.87. The molecule has 2 aliphatic heterocycles. The van der Waals surface area contributed by atoms with Crippen molar-refractivity contribution in [1.29, 1.82) is 0 Å². The highest BCUT2D eigenvalue weighted by Crippen LogP contribution is 2.40. The Bertz CT molecular complexity index is 833. The van der Waals surface area contributed by atoms with E-state index in [9.17, 15) is 9.18 Å². The Labute approximate surface area is 144 Å². The largest absolute Gasteiger partial charge is 0.480 e. The molecule has 0 N–H and O–H groups in total. The van der Waals surface area contributed by atoms with E-state index in [4.69, 9.17) is 9.26 Å². The van der Waals surface area contributed by atoms with E-state index in [1.54, 1.807) is 11.0 Å². The molecular formula is C18H18FN3O3. The first-order chi connectivity index (χ1) is 12.2. The zero-order valence-electron chi connectivity index (χ0n) is 13.7. The molecule has 0 bridgehead atoms. The van der Waals surface area contributed by atoms with Crippen LogP contribution in [0.4, 0.5) is 4.39 Å². The molecule has 5 rings (SSSR count). The standard InChI is InChI=1S/C18H18FN3O3/c19-12-5-6-14-11(8-12)9-15(24-14)18(23)22-7-1-2-13(22)16-20-17(25-21-16)10-3-4-10/h5-6,8,10,13,15H,1-4,7,9H2/t13-,15+/m0/s1. The molecule has 0 radical (unpaired) electrons. The summed E-state index contributed by atoms with van der Waals surface area (Å²) in [4.78, 5) is 19.2. The molecule has 2 atom stereocenters. The summed E-state index contributed by atoms with van der Waals surface area (Å²) in [6, 6.07) is 4.21. The number of likely N-dealkylation sites (tertiary alicyclic amines) is 1. The van der Waals surface area contributed by atoms with Crippen LogP contribution < -0.4 is 4.74 Å². The first-order valence-electron chi connectivity index (χ1n) is 8.78. The molecule has 1 amide bonds. The first kappa shape index (κ1) is 14.9. The molecule has 3 heterocycles. The fourth-order valence-electron chi connectivity index (χ4n) is 3.72. The van der Waals surface area contributed by atoms with Crippen LogP contribution in [0, 0.1) is 5.82 Å². The van der Waals surface area contributed by atoms with Crippen molar-refractivity contribution in [3.63, 3.8) is 0 Å². The van der Waals surface area contributed by atoms with E-state index in [1.165, 1.54) is 12.1 Å². The molecule has 2 fully saturated rings. The smallest absolute Gasteiger partial charge is 0.264 e. The lowest BCUT2D eigenvalue weighted by molar-refractivity contribution is -0.139. The Balaban J connectivity index is 1.34. The maximum absolute atomic E-state index is 13.4. The molecule has 25 heavy (non-hydrogen) atoms. The number of aromatic nitrogens is 2. The summed E-state index contributed by atoms with van der Waals surface area (Å²) in [7, 11) is 0. The molecule has 3 aliphatic rings. The van der Waals surface area contributed by atoms with Crippen molar-refractivity contribution in [2.45, 2.75) is 50.2 Å². The van der Waals surface area contributed by atoms with Gasteiger partial charge in [0, 0.05) is 24.4 Å². The number of carbonyl (C=O) groups excluding carboxylic acids is 1. The maximum atomic E-state index is 13.4. The van der Waals surface area contributed by atoms with Gasteiger partial charge in [-0.25, -0.2) is 4.39 Å². The second kappa shape index (κ2) is 5.54. The Hall–Kier alpha value is -2.44. The number of ether oxygens (including phenoxy) is 1. The van der Waals surface area contributed by atoms with E-state index in [0.717, 1.165) is 31.2 Å². The predicted molar refractivity (Wildman–Crippen MR) is 84.5 cm³/mol. The molecule has 1 aromatic heterocycles. The molecule has 2 aromatic rings. The molecule has 1 aliphatic carbocycles. The average Bonchev–Trinajstić information content (AvgIpc) is 3.04. The van der Waals surface area contributed by atoms with Gasteiger partial charge in [0.15, 0.2) is 11.9 Å². The SMILES string of the molecule is O=C([C@H]1Cc2cc(F)ccc2O1)N1CCC[C@H]1c1noc(C2CC2)n1. The highest BCUT2D eigenvalue weighted by Gasteiger charge is 2.40. The van der Waals surface area contributed by atoms with Gasteiger partial charge in [-0.1, -0.05) is 5.16 Å². The normalized spacial score (nSPS) is 25.1. The Kier molecular flexibility index (Phi) is 3.29. The Morgan fingerprint density at radius 2 is 2.16 bits per heavy atom. The number of hydrogen-bond donors (Lipinski definition) is 0. The van der Waals surface area contributed by atoms with Crippen molar-refractivity contribution in [3.05, 3.63) is 41.3 Å². The summed E-state index contributed by atoms with van der Waals surface area (Å²) in [5.41, 5.74) is 0.740. The number of amides is 1. The minimum Gasteiger partial charge on any atom is -0.480 e. The zero-order chi connectivity index (χ0) is 17.0. The van der Waals surface area contributed by atoms with Crippen LogP contribution in [0.3, 0.4) is 0 Å². The molecule has 1 aromatic carbocycles. The van der Waals surface area contributed by atoms with Crippen LogP contribution in [0.1, 0.15) is 54.9 Å². The van der Waals surface area contributed by atoms with Crippen molar-refractivity contribution in [1.82, 2.24) is 15.0 Å². The predicted octanol–water partition coefficient (Wildman–Crippen LogP) is 2.75. The number of rotatable bonds is 3. The van der Waals surface area contributed by atoms with Crippen LogP contribution >= 0.6 is 0 Å².